The molecule has 1 aliphatic rings. The summed E-state index contributed by atoms with van der Waals surface area (Å²) in [4.78, 5) is 11.4. The third kappa shape index (κ3) is 5.58. The van der Waals surface area contributed by atoms with Gasteiger partial charge in [0.15, 0.2) is 0 Å². The van der Waals surface area contributed by atoms with E-state index in [9.17, 15) is 4.79 Å². The van der Waals surface area contributed by atoms with Crippen LogP contribution in [-0.2, 0) is 25.6 Å². The quantitative estimate of drug-likeness (QED) is 0.387. The number of rotatable bonds is 9. The van der Waals surface area contributed by atoms with Crippen molar-refractivity contribution in [3.63, 3.8) is 0 Å². The lowest BCUT2D eigenvalue weighted by atomic mass is 9.92. The van der Waals surface area contributed by atoms with E-state index >= 15 is 0 Å². The second-order valence-electron chi connectivity index (χ2n) is 6.55. The van der Waals surface area contributed by atoms with Gasteiger partial charge < -0.3 is 18.9 Å². The highest BCUT2D eigenvalue weighted by Crippen LogP contribution is 2.36. The predicted molar refractivity (Wildman–Crippen MR) is 95.5 cm³/mol. The van der Waals surface area contributed by atoms with E-state index in [4.69, 9.17) is 18.9 Å². The van der Waals surface area contributed by atoms with Gasteiger partial charge in [0.2, 0.25) is 0 Å². The van der Waals surface area contributed by atoms with Crippen LogP contribution in [0.5, 0.6) is 5.75 Å². The number of carbonyl (C=O) groups is 1. The third-order valence-electron chi connectivity index (χ3n) is 4.45. The highest BCUT2D eigenvalue weighted by atomic mass is 16.6. The van der Waals surface area contributed by atoms with Gasteiger partial charge in [0, 0.05) is 20.0 Å². The highest BCUT2D eigenvalue weighted by molar-refractivity contribution is 5.66. The monoisotopic (exact) mass is 348 g/mol. The number of ether oxygens (including phenoxy) is 4. The lowest BCUT2D eigenvalue weighted by Gasteiger charge is -2.29. The zero-order valence-electron chi connectivity index (χ0n) is 15.3. The Morgan fingerprint density at radius 3 is 2.72 bits per heavy atom. The van der Waals surface area contributed by atoms with Crippen molar-refractivity contribution in [1.82, 2.24) is 0 Å². The molecule has 1 aromatic rings. The van der Waals surface area contributed by atoms with Gasteiger partial charge in [0.1, 0.15) is 11.4 Å². The number of hydrogen-bond donors (Lipinski definition) is 0. The average molecular weight is 348 g/mol. The molecule has 0 radical (unpaired) electrons. The minimum Gasteiger partial charge on any atom is -0.497 e. The summed E-state index contributed by atoms with van der Waals surface area (Å²) in [5.74, 6) is 0.556. The fourth-order valence-electron chi connectivity index (χ4n) is 3.16. The topological polar surface area (TPSA) is 54.0 Å². The van der Waals surface area contributed by atoms with Crippen molar-refractivity contribution in [2.75, 3.05) is 13.7 Å². The maximum atomic E-state index is 11.4. The third-order valence-corrected chi connectivity index (χ3v) is 4.45. The van der Waals surface area contributed by atoms with Crippen LogP contribution in [0.25, 0.3) is 0 Å². The molecule has 0 saturated carbocycles. The first-order valence-corrected chi connectivity index (χ1v) is 8.65. The fourth-order valence-corrected chi connectivity index (χ4v) is 3.16. The molecule has 0 amide bonds. The number of hydrogen-bond acceptors (Lipinski definition) is 5. The van der Waals surface area contributed by atoms with Crippen LogP contribution in [0.15, 0.2) is 36.9 Å². The molecule has 0 spiro atoms. The summed E-state index contributed by atoms with van der Waals surface area (Å²) in [5.41, 5.74) is 0.509. The van der Waals surface area contributed by atoms with Gasteiger partial charge in [-0.05, 0) is 37.5 Å². The van der Waals surface area contributed by atoms with Crippen molar-refractivity contribution in [3.05, 3.63) is 42.5 Å². The molecule has 5 nitrogen and oxygen atoms in total. The smallest absolute Gasteiger partial charge is 0.303 e. The Morgan fingerprint density at radius 1 is 1.40 bits per heavy atom. The van der Waals surface area contributed by atoms with Gasteiger partial charge in [-0.1, -0.05) is 18.2 Å². The van der Waals surface area contributed by atoms with Gasteiger partial charge in [0.25, 0.3) is 0 Å². The molecule has 5 heteroatoms. The molecule has 2 rings (SSSR count). The maximum Gasteiger partial charge on any atom is 0.303 e. The van der Waals surface area contributed by atoms with E-state index in [2.05, 4.69) is 6.58 Å². The van der Waals surface area contributed by atoms with E-state index in [0.29, 0.717) is 19.6 Å². The molecule has 138 valence electrons. The van der Waals surface area contributed by atoms with Crippen LogP contribution in [0.4, 0.5) is 0 Å². The summed E-state index contributed by atoms with van der Waals surface area (Å²) in [6.07, 6.45) is 3.81. The van der Waals surface area contributed by atoms with E-state index in [1.54, 1.807) is 13.2 Å². The molecular weight excluding hydrogens is 320 g/mol. The van der Waals surface area contributed by atoms with Gasteiger partial charge in [-0.2, -0.15) is 0 Å². The van der Waals surface area contributed by atoms with Crippen LogP contribution < -0.4 is 4.74 Å². The Morgan fingerprint density at radius 2 is 2.12 bits per heavy atom. The Hall–Kier alpha value is -1.85. The van der Waals surface area contributed by atoms with E-state index in [1.165, 1.54) is 6.92 Å². The first-order chi connectivity index (χ1) is 12.0. The molecule has 25 heavy (non-hydrogen) atoms. The molecule has 3 atom stereocenters. The zero-order valence-corrected chi connectivity index (χ0v) is 15.3. The molecule has 1 fully saturated rings. The summed E-state index contributed by atoms with van der Waals surface area (Å²) in [5, 5.41) is 0. The normalized spacial score (nSPS) is 25.6. The molecule has 0 aliphatic carbocycles. The van der Waals surface area contributed by atoms with Gasteiger partial charge in [-0.25, -0.2) is 0 Å². The second kappa shape index (κ2) is 9.02. The van der Waals surface area contributed by atoms with Crippen LogP contribution in [0, 0.1) is 0 Å². The highest BCUT2D eigenvalue weighted by Gasteiger charge is 2.46. The van der Waals surface area contributed by atoms with Crippen molar-refractivity contribution >= 4 is 5.97 Å². The Labute approximate surface area is 149 Å². The van der Waals surface area contributed by atoms with Gasteiger partial charge in [0.05, 0.1) is 25.9 Å². The van der Waals surface area contributed by atoms with Crippen LogP contribution in [0.2, 0.25) is 0 Å². The molecule has 0 N–H and O–H groups in total. The largest absolute Gasteiger partial charge is 0.497 e. The average Bonchev–Trinajstić information content (AvgIpc) is 2.90. The lowest BCUT2D eigenvalue weighted by molar-refractivity contribution is -0.161. The molecule has 1 aromatic carbocycles. The predicted octanol–water partition coefficient (Wildman–Crippen LogP) is 3.66. The van der Waals surface area contributed by atoms with Crippen molar-refractivity contribution in [2.45, 2.75) is 57.5 Å². The number of esters is 1. The SMILES string of the molecule is C=C[C@@H]1C[C@](C)(OC(C)=O)[C@H](CCCOCc2ccc(OC)cc2)O1. The van der Waals surface area contributed by atoms with Gasteiger partial charge in [-0.3, -0.25) is 4.79 Å². The Balaban J connectivity index is 1.75. The zero-order chi connectivity index (χ0) is 18.3. The van der Waals surface area contributed by atoms with E-state index in [0.717, 1.165) is 24.2 Å². The maximum absolute atomic E-state index is 11.4. The van der Waals surface area contributed by atoms with Gasteiger partial charge in [-0.15, -0.1) is 6.58 Å². The van der Waals surface area contributed by atoms with Crippen LogP contribution >= 0.6 is 0 Å². The summed E-state index contributed by atoms with van der Waals surface area (Å²) < 4.78 is 22.3. The van der Waals surface area contributed by atoms with Crippen LogP contribution in [0.3, 0.4) is 0 Å². The van der Waals surface area contributed by atoms with Crippen molar-refractivity contribution < 1.29 is 23.7 Å². The van der Waals surface area contributed by atoms with Crippen molar-refractivity contribution in [3.8, 4) is 5.75 Å². The van der Waals surface area contributed by atoms with E-state index in [1.807, 2.05) is 31.2 Å². The van der Waals surface area contributed by atoms with E-state index < -0.39 is 5.60 Å². The number of methoxy groups -OCH3 is 1. The minimum atomic E-state index is -0.597. The molecule has 0 aromatic heterocycles. The van der Waals surface area contributed by atoms with E-state index in [-0.39, 0.29) is 18.2 Å². The molecule has 0 bridgehead atoms. The second-order valence-corrected chi connectivity index (χ2v) is 6.55. The Kier molecular flexibility index (Phi) is 7.02. The summed E-state index contributed by atoms with van der Waals surface area (Å²) >= 11 is 0. The van der Waals surface area contributed by atoms with Crippen molar-refractivity contribution in [1.29, 1.82) is 0 Å². The van der Waals surface area contributed by atoms with Gasteiger partial charge >= 0.3 is 5.97 Å². The molecule has 0 unspecified atom stereocenters. The molecular formula is C20H28O5. The fraction of sp³-hybridized carbons (Fsp3) is 0.550. The minimum absolute atomic E-state index is 0.0745. The summed E-state index contributed by atoms with van der Waals surface area (Å²) in [7, 11) is 1.65. The number of benzene rings is 1. The molecule has 1 saturated heterocycles. The van der Waals surface area contributed by atoms with Crippen LogP contribution in [-0.4, -0.2) is 37.5 Å². The summed E-state index contributed by atoms with van der Waals surface area (Å²) in [6.45, 7) is 8.33. The molecule has 1 aliphatic heterocycles. The molecule has 1 heterocycles. The standard InChI is InChI=1S/C20H28O5/c1-5-17-13-20(3,25-15(2)21)19(24-17)7-6-12-23-14-16-8-10-18(22-4)11-9-16/h5,8-11,17,19H,1,6-7,12-14H2,2-4H3/t17-,19+,20+/m1/s1. The van der Waals surface area contributed by atoms with Crippen molar-refractivity contribution in [2.24, 2.45) is 0 Å². The number of carbonyl (C=O) groups excluding carboxylic acids is 1. The first-order valence-electron chi connectivity index (χ1n) is 8.65. The Bertz CT molecular complexity index is 568. The lowest BCUT2D eigenvalue weighted by Crippen LogP contribution is -2.39. The first kappa shape index (κ1) is 19.5. The summed E-state index contributed by atoms with van der Waals surface area (Å²) in [6, 6.07) is 7.83. The van der Waals surface area contributed by atoms with Crippen LogP contribution in [0.1, 0.15) is 38.7 Å².